The number of pyridine rings is 1. The van der Waals surface area contributed by atoms with Gasteiger partial charge in [-0.1, -0.05) is 41.4 Å². The molecule has 1 aliphatic rings. The molecule has 3 heterocycles. The fourth-order valence-electron chi connectivity index (χ4n) is 3.67. The Labute approximate surface area is 222 Å². The average Bonchev–Trinajstić information content (AvgIpc) is 3.29. The predicted molar refractivity (Wildman–Crippen MR) is 131 cm³/mol. The van der Waals surface area contributed by atoms with Crippen molar-refractivity contribution in [3.8, 4) is 5.75 Å². The first kappa shape index (κ1) is 27.1. The van der Waals surface area contributed by atoms with Gasteiger partial charge in [-0.2, -0.15) is 13.2 Å². The van der Waals surface area contributed by atoms with Crippen LogP contribution in [0.2, 0.25) is 10.2 Å². The van der Waals surface area contributed by atoms with Crippen LogP contribution in [-0.4, -0.2) is 40.1 Å². The number of rotatable bonds is 6. The summed E-state index contributed by atoms with van der Waals surface area (Å²) in [6.07, 6.45) is -3.27. The van der Waals surface area contributed by atoms with Gasteiger partial charge >= 0.3 is 6.18 Å². The average molecular weight is 575 g/mol. The lowest BCUT2D eigenvalue weighted by Gasteiger charge is -2.19. The number of hydrogen-bond acceptors (Lipinski definition) is 7. The second-order valence-electron chi connectivity index (χ2n) is 8.04. The minimum Gasteiger partial charge on any atom is -0.504 e. The standard InChI is InChI=1S/C23H19Cl2F3N4O4S/c24-14-9-15(30-18(25)17(14)33)19(34)32-22-16(31-21(37-22)11-5-7-36-8-6-11)20(35)29-10-12-3-1-2-4-13(12)23(26,27)28/h1-4,9,11,33H,5-8,10H2,(H,29,35)(H,32,34). The first-order valence-electron chi connectivity index (χ1n) is 10.9. The second-order valence-corrected chi connectivity index (χ2v) is 9.83. The highest BCUT2D eigenvalue weighted by Crippen LogP contribution is 2.36. The molecule has 0 saturated carbocycles. The summed E-state index contributed by atoms with van der Waals surface area (Å²) in [4.78, 5) is 34.1. The molecule has 0 bridgehead atoms. The molecule has 1 aromatic carbocycles. The number of anilines is 1. The van der Waals surface area contributed by atoms with Crippen molar-refractivity contribution in [3.05, 3.63) is 68.0 Å². The third-order valence-corrected chi connectivity index (χ3v) is 7.24. The van der Waals surface area contributed by atoms with Crippen molar-refractivity contribution >= 4 is 51.4 Å². The van der Waals surface area contributed by atoms with E-state index in [1.54, 1.807) is 0 Å². The number of thiazole rings is 1. The zero-order valence-electron chi connectivity index (χ0n) is 18.9. The summed E-state index contributed by atoms with van der Waals surface area (Å²) >= 11 is 12.8. The quantitative estimate of drug-likeness (QED) is 0.328. The van der Waals surface area contributed by atoms with E-state index in [2.05, 4.69) is 20.6 Å². The molecule has 196 valence electrons. The van der Waals surface area contributed by atoms with Crippen LogP contribution in [0.5, 0.6) is 5.75 Å². The van der Waals surface area contributed by atoms with Crippen LogP contribution >= 0.6 is 34.5 Å². The van der Waals surface area contributed by atoms with E-state index >= 15 is 0 Å². The Morgan fingerprint density at radius 3 is 2.51 bits per heavy atom. The van der Waals surface area contributed by atoms with Gasteiger partial charge in [-0.3, -0.25) is 9.59 Å². The van der Waals surface area contributed by atoms with Crippen molar-refractivity contribution in [1.29, 1.82) is 0 Å². The van der Waals surface area contributed by atoms with Crippen LogP contribution in [0.3, 0.4) is 0 Å². The third-order valence-electron chi connectivity index (χ3n) is 5.55. The van der Waals surface area contributed by atoms with Crippen LogP contribution in [-0.2, 0) is 17.5 Å². The molecule has 2 amide bonds. The Hall–Kier alpha value is -2.93. The second kappa shape index (κ2) is 11.2. The minimum absolute atomic E-state index is 0.0161. The van der Waals surface area contributed by atoms with Crippen LogP contribution in [0.4, 0.5) is 18.2 Å². The van der Waals surface area contributed by atoms with Crippen molar-refractivity contribution in [2.75, 3.05) is 18.5 Å². The van der Waals surface area contributed by atoms with Gasteiger partial charge in [0.25, 0.3) is 11.8 Å². The number of alkyl halides is 3. The van der Waals surface area contributed by atoms with E-state index in [-0.39, 0.29) is 38.0 Å². The SMILES string of the molecule is O=C(Nc1sc(C2CCOCC2)nc1C(=O)NCc1ccccc1C(F)(F)F)c1cc(Cl)c(O)c(Cl)n1. The van der Waals surface area contributed by atoms with E-state index in [1.165, 1.54) is 18.2 Å². The van der Waals surface area contributed by atoms with Crippen molar-refractivity contribution in [2.45, 2.75) is 31.5 Å². The lowest BCUT2D eigenvalue weighted by molar-refractivity contribution is -0.138. The molecule has 0 aliphatic carbocycles. The third kappa shape index (κ3) is 6.32. The number of carbonyl (C=O) groups is 2. The maximum atomic E-state index is 13.3. The molecule has 0 spiro atoms. The minimum atomic E-state index is -4.59. The summed E-state index contributed by atoms with van der Waals surface area (Å²) < 4.78 is 45.4. The van der Waals surface area contributed by atoms with Crippen LogP contribution in [0, 0.1) is 0 Å². The summed E-state index contributed by atoms with van der Waals surface area (Å²) in [5.74, 6) is -2.05. The fraction of sp³-hybridized carbons (Fsp3) is 0.304. The molecular formula is C23H19Cl2F3N4O4S. The predicted octanol–water partition coefficient (Wildman–Crippen LogP) is 5.65. The summed E-state index contributed by atoms with van der Waals surface area (Å²) in [5.41, 5.74) is -1.36. The molecule has 0 radical (unpaired) electrons. The number of aromatic hydroxyl groups is 1. The summed E-state index contributed by atoms with van der Waals surface area (Å²) in [7, 11) is 0. The van der Waals surface area contributed by atoms with Crippen LogP contribution < -0.4 is 10.6 Å². The largest absolute Gasteiger partial charge is 0.504 e. The molecule has 1 aliphatic heterocycles. The normalized spacial score (nSPS) is 14.4. The first-order chi connectivity index (χ1) is 17.5. The first-order valence-corrected chi connectivity index (χ1v) is 12.5. The lowest BCUT2D eigenvalue weighted by atomic mass is 10.0. The topological polar surface area (TPSA) is 113 Å². The number of halogens is 5. The molecule has 2 aromatic heterocycles. The van der Waals surface area contributed by atoms with Crippen LogP contribution in [0.25, 0.3) is 0 Å². The maximum absolute atomic E-state index is 13.3. The number of hydrogen-bond donors (Lipinski definition) is 3. The van der Waals surface area contributed by atoms with E-state index in [4.69, 9.17) is 27.9 Å². The van der Waals surface area contributed by atoms with E-state index in [0.717, 1.165) is 23.5 Å². The number of benzene rings is 1. The summed E-state index contributed by atoms with van der Waals surface area (Å²) in [6.45, 7) is 0.614. The van der Waals surface area contributed by atoms with Gasteiger partial charge < -0.3 is 20.5 Å². The summed E-state index contributed by atoms with van der Waals surface area (Å²) in [6, 6.07) is 6.00. The molecule has 1 saturated heterocycles. The molecule has 3 aromatic rings. The molecule has 37 heavy (non-hydrogen) atoms. The van der Waals surface area contributed by atoms with Gasteiger partial charge in [-0.05, 0) is 30.5 Å². The molecule has 0 atom stereocenters. The number of nitrogens with one attached hydrogen (secondary N) is 2. The Morgan fingerprint density at radius 1 is 1.14 bits per heavy atom. The number of ether oxygens (including phenoxy) is 1. The van der Waals surface area contributed by atoms with Crippen molar-refractivity contribution in [2.24, 2.45) is 0 Å². The molecular weight excluding hydrogens is 556 g/mol. The number of aromatic nitrogens is 2. The summed E-state index contributed by atoms with van der Waals surface area (Å²) in [5, 5.41) is 14.8. The van der Waals surface area contributed by atoms with Gasteiger partial charge in [0.05, 0.1) is 15.6 Å². The number of amides is 2. The highest BCUT2D eigenvalue weighted by molar-refractivity contribution is 7.16. The Bertz CT molecular complexity index is 1310. The molecule has 3 N–H and O–H groups in total. The number of nitrogens with zero attached hydrogens (tertiary/aromatic N) is 2. The van der Waals surface area contributed by atoms with Crippen molar-refractivity contribution in [3.63, 3.8) is 0 Å². The molecule has 1 fully saturated rings. The molecule has 4 rings (SSSR count). The zero-order chi connectivity index (χ0) is 26.7. The Morgan fingerprint density at radius 2 is 1.84 bits per heavy atom. The smallest absolute Gasteiger partial charge is 0.416 e. The van der Waals surface area contributed by atoms with E-state index in [9.17, 15) is 27.9 Å². The van der Waals surface area contributed by atoms with Crippen molar-refractivity contribution < 1.29 is 32.6 Å². The maximum Gasteiger partial charge on any atom is 0.416 e. The molecule has 8 nitrogen and oxygen atoms in total. The van der Waals surface area contributed by atoms with Gasteiger partial charge in [0, 0.05) is 25.7 Å². The lowest BCUT2D eigenvalue weighted by Crippen LogP contribution is -2.26. The van der Waals surface area contributed by atoms with Gasteiger partial charge in [-0.25, -0.2) is 9.97 Å². The van der Waals surface area contributed by atoms with Crippen molar-refractivity contribution in [1.82, 2.24) is 15.3 Å². The highest BCUT2D eigenvalue weighted by atomic mass is 35.5. The van der Waals surface area contributed by atoms with E-state index in [0.29, 0.717) is 31.1 Å². The Balaban J connectivity index is 1.60. The van der Waals surface area contributed by atoms with Gasteiger partial charge in [-0.15, -0.1) is 11.3 Å². The van der Waals surface area contributed by atoms with Gasteiger partial charge in [0.15, 0.2) is 16.6 Å². The number of carbonyl (C=O) groups excluding carboxylic acids is 2. The Kier molecular flexibility index (Phi) is 8.22. The van der Waals surface area contributed by atoms with E-state index < -0.39 is 35.8 Å². The molecule has 14 heteroatoms. The van der Waals surface area contributed by atoms with Crippen LogP contribution in [0.1, 0.15) is 55.9 Å². The van der Waals surface area contributed by atoms with Crippen LogP contribution in [0.15, 0.2) is 30.3 Å². The fourth-order valence-corrected chi connectivity index (χ4v) is 5.23. The molecule has 0 unspecified atom stereocenters. The zero-order valence-corrected chi connectivity index (χ0v) is 21.2. The monoisotopic (exact) mass is 574 g/mol. The highest BCUT2D eigenvalue weighted by Gasteiger charge is 2.33. The van der Waals surface area contributed by atoms with E-state index in [1.807, 2.05) is 0 Å². The van der Waals surface area contributed by atoms with Gasteiger partial charge in [0.2, 0.25) is 0 Å². The van der Waals surface area contributed by atoms with Gasteiger partial charge in [0.1, 0.15) is 10.7 Å².